The molecule has 1 atom stereocenters. The molecule has 0 radical (unpaired) electrons. The largest absolute Gasteiger partial charge is 0.353 e. The molecule has 0 saturated carbocycles. The zero-order chi connectivity index (χ0) is 20.3. The van der Waals surface area contributed by atoms with Gasteiger partial charge in [-0.1, -0.05) is 18.2 Å². The average Bonchev–Trinajstić information content (AvgIpc) is 3.24. The molecule has 7 heteroatoms. The van der Waals surface area contributed by atoms with Crippen molar-refractivity contribution in [2.45, 2.75) is 18.8 Å². The van der Waals surface area contributed by atoms with Crippen LogP contribution in [0.2, 0.25) is 0 Å². The monoisotopic (exact) mass is 421 g/mol. The molecule has 0 bridgehead atoms. The van der Waals surface area contributed by atoms with Crippen LogP contribution < -0.4 is 4.90 Å². The Labute approximate surface area is 181 Å². The van der Waals surface area contributed by atoms with Gasteiger partial charge in [0.2, 0.25) is 5.91 Å². The Morgan fingerprint density at radius 3 is 2.67 bits per heavy atom. The lowest BCUT2D eigenvalue weighted by Crippen LogP contribution is -2.52. The molecule has 3 aromatic rings. The number of thiazole rings is 1. The number of aromatic nitrogens is 2. The van der Waals surface area contributed by atoms with Crippen LogP contribution in [-0.4, -0.2) is 71.5 Å². The number of rotatable bonds is 4. The highest BCUT2D eigenvalue weighted by Gasteiger charge is 2.28. The summed E-state index contributed by atoms with van der Waals surface area (Å²) in [5, 5.41) is 1.22. The van der Waals surface area contributed by atoms with Gasteiger partial charge in [-0.15, -0.1) is 11.3 Å². The van der Waals surface area contributed by atoms with Crippen LogP contribution in [0.25, 0.3) is 10.2 Å². The third kappa shape index (κ3) is 4.18. The minimum Gasteiger partial charge on any atom is -0.353 e. The van der Waals surface area contributed by atoms with E-state index in [-0.39, 0.29) is 5.91 Å². The van der Waals surface area contributed by atoms with Crippen LogP contribution in [0.5, 0.6) is 0 Å². The summed E-state index contributed by atoms with van der Waals surface area (Å²) in [5.41, 5.74) is 1.09. The summed E-state index contributed by atoms with van der Waals surface area (Å²) < 4.78 is 1.26. The predicted octanol–water partition coefficient (Wildman–Crippen LogP) is 3.22. The Morgan fingerprint density at radius 1 is 1.03 bits per heavy atom. The topological polar surface area (TPSA) is 52.6 Å². The van der Waals surface area contributed by atoms with Crippen molar-refractivity contribution in [3.63, 3.8) is 0 Å². The molecule has 2 saturated heterocycles. The van der Waals surface area contributed by atoms with Crippen molar-refractivity contribution in [2.24, 2.45) is 0 Å². The van der Waals surface area contributed by atoms with E-state index in [4.69, 9.17) is 4.98 Å². The van der Waals surface area contributed by atoms with Crippen LogP contribution in [0.1, 0.15) is 23.8 Å². The molecule has 2 aromatic heterocycles. The molecule has 2 fully saturated rings. The van der Waals surface area contributed by atoms with Crippen LogP contribution in [0.4, 0.5) is 5.82 Å². The minimum atomic E-state index is 0.251. The van der Waals surface area contributed by atoms with E-state index in [2.05, 4.69) is 33.0 Å². The first kappa shape index (κ1) is 19.5. The molecule has 2 aliphatic heterocycles. The number of anilines is 1. The number of piperidine rings is 1. The number of hydrogen-bond donors (Lipinski definition) is 0. The molecular weight excluding hydrogens is 394 g/mol. The Balaban J connectivity index is 1.16. The number of hydrogen-bond acceptors (Lipinski definition) is 6. The van der Waals surface area contributed by atoms with Gasteiger partial charge in [0.05, 0.1) is 21.8 Å². The first-order chi connectivity index (χ1) is 14.8. The van der Waals surface area contributed by atoms with Crippen molar-refractivity contribution >= 4 is 33.3 Å². The van der Waals surface area contributed by atoms with Gasteiger partial charge < -0.3 is 9.80 Å². The van der Waals surface area contributed by atoms with Crippen molar-refractivity contribution in [2.75, 3.05) is 50.7 Å². The maximum Gasteiger partial charge on any atom is 0.236 e. The Bertz CT molecular complexity index is 966. The summed E-state index contributed by atoms with van der Waals surface area (Å²) >= 11 is 1.81. The van der Waals surface area contributed by atoms with Gasteiger partial charge in [0.1, 0.15) is 5.82 Å². The van der Waals surface area contributed by atoms with Crippen LogP contribution in [0.3, 0.4) is 0 Å². The Hall–Kier alpha value is -2.51. The van der Waals surface area contributed by atoms with Crippen molar-refractivity contribution in [3.8, 4) is 0 Å². The number of nitrogens with zero attached hydrogens (tertiary/aromatic N) is 5. The fourth-order valence-corrected chi connectivity index (χ4v) is 5.58. The molecular formula is C23H27N5OS. The van der Waals surface area contributed by atoms with E-state index in [1.807, 2.05) is 35.4 Å². The van der Waals surface area contributed by atoms with Crippen molar-refractivity contribution in [1.29, 1.82) is 0 Å². The van der Waals surface area contributed by atoms with E-state index in [1.54, 1.807) is 11.3 Å². The van der Waals surface area contributed by atoms with Crippen LogP contribution in [-0.2, 0) is 4.79 Å². The number of pyridine rings is 1. The highest BCUT2D eigenvalue weighted by molar-refractivity contribution is 7.18. The number of piperazine rings is 1. The first-order valence-corrected chi connectivity index (χ1v) is 11.6. The van der Waals surface area contributed by atoms with Crippen LogP contribution >= 0.6 is 11.3 Å². The van der Waals surface area contributed by atoms with E-state index < -0.39 is 0 Å². The predicted molar refractivity (Wildman–Crippen MR) is 121 cm³/mol. The smallest absolute Gasteiger partial charge is 0.236 e. The second-order valence-corrected chi connectivity index (χ2v) is 9.21. The number of likely N-dealkylation sites (tertiary alicyclic amines) is 1. The number of carbonyl (C=O) groups is 1. The lowest BCUT2D eigenvalue weighted by Gasteiger charge is -2.37. The van der Waals surface area contributed by atoms with Crippen molar-refractivity contribution in [3.05, 3.63) is 53.7 Å². The van der Waals surface area contributed by atoms with Gasteiger partial charge in [-0.25, -0.2) is 9.97 Å². The van der Waals surface area contributed by atoms with E-state index in [1.165, 1.54) is 9.71 Å². The third-order valence-electron chi connectivity index (χ3n) is 6.13. The Morgan fingerprint density at radius 2 is 1.87 bits per heavy atom. The summed E-state index contributed by atoms with van der Waals surface area (Å²) in [6, 6.07) is 14.3. The maximum absolute atomic E-state index is 12.9. The first-order valence-electron chi connectivity index (χ1n) is 10.8. The molecule has 6 nitrogen and oxygen atoms in total. The molecule has 5 rings (SSSR count). The zero-order valence-electron chi connectivity index (χ0n) is 17.1. The van der Waals surface area contributed by atoms with Gasteiger partial charge in [-0.2, -0.15) is 0 Å². The van der Waals surface area contributed by atoms with Crippen LogP contribution in [0.15, 0.2) is 48.7 Å². The highest BCUT2D eigenvalue weighted by Crippen LogP contribution is 2.32. The lowest BCUT2D eigenvalue weighted by molar-refractivity contribution is -0.133. The second-order valence-electron chi connectivity index (χ2n) is 8.15. The van der Waals surface area contributed by atoms with E-state index in [9.17, 15) is 4.79 Å². The number of benzene rings is 1. The number of para-hydroxylation sites is 1. The number of amides is 1. The zero-order valence-corrected chi connectivity index (χ0v) is 17.9. The second kappa shape index (κ2) is 8.70. The summed E-state index contributed by atoms with van der Waals surface area (Å²) in [4.78, 5) is 28.8. The van der Waals surface area contributed by atoms with Crippen molar-refractivity contribution in [1.82, 2.24) is 19.8 Å². The van der Waals surface area contributed by atoms with Gasteiger partial charge in [0, 0.05) is 44.8 Å². The normalized spacial score (nSPS) is 20.6. The van der Waals surface area contributed by atoms with Gasteiger partial charge >= 0.3 is 0 Å². The molecule has 0 spiro atoms. The molecule has 1 amide bonds. The average molecular weight is 422 g/mol. The van der Waals surface area contributed by atoms with Gasteiger partial charge in [0.25, 0.3) is 0 Å². The molecule has 30 heavy (non-hydrogen) atoms. The Kier molecular flexibility index (Phi) is 5.64. The fourth-order valence-electron chi connectivity index (χ4n) is 4.48. The molecule has 156 valence electrons. The standard InChI is InChI=1S/C23H27N5OS/c29-22(28-14-12-27(13-15-28)21-9-3-4-10-24-21)17-26-11-5-6-18(16-26)23-25-19-7-1-2-8-20(19)30-23/h1-4,7-10,18H,5-6,11-17H2. The maximum atomic E-state index is 12.9. The fraction of sp³-hybridized carbons (Fsp3) is 0.435. The summed E-state index contributed by atoms with van der Waals surface area (Å²) in [7, 11) is 0. The summed E-state index contributed by atoms with van der Waals surface area (Å²) in [6.45, 7) is 5.68. The number of fused-ring (bicyclic) bond motifs is 1. The van der Waals surface area contributed by atoms with Gasteiger partial charge in [-0.3, -0.25) is 9.69 Å². The van der Waals surface area contributed by atoms with Crippen molar-refractivity contribution < 1.29 is 4.79 Å². The third-order valence-corrected chi connectivity index (χ3v) is 7.33. The van der Waals surface area contributed by atoms with Gasteiger partial charge in [-0.05, 0) is 43.7 Å². The van der Waals surface area contributed by atoms with E-state index >= 15 is 0 Å². The molecule has 0 N–H and O–H groups in total. The van der Waals surface area contributed by atoms with E-state index in [0.29, 0.717) is 12.5 Å². The number of carbonyl (C=O) groups excluding carboxylic acids is 1. The van der Waals surface area contributed by atoms with E-state index in [0.717, 1.165) is 63.4 Å². The molecule has 1 aromatic carbocycles. The SMILES string of the molecule is O=C(CN1CCCC(c2nc3ccccc3s2)C1)N1CCN(c2ccccn2)CC1. The molecule has 2 aliphatic rings. The van der Waals surface area contributed by atoms with Crippen LogP contribution in [0, 0.1) is 0 Å². The summed E-state index contributed by atoms with van der Waals surface area (Å²) in [5.74, 6) is 1.69. The highest BCUT2D eigenvalue weighted by atomic mass is 32.1. The minimum absolute atomic E-state index is 0.251. The van der Waals surface area contributed by atoms with Gasteiger partial charge in [0.15, 0.2) is 0 Å². The summed E-state index contributed by atoms with van der Waals surface area (Å²) in [6.07, 6.45) is 4.11. The molecule has 1 unspecified atom stereocenters. The molecule has 0 aliphatic carbocycles. The quantitative estimate of drug-likeness (QED) is 0.647. The lowest BCUT2D eigenvalue weighted by atomic mass is 9.98. The molecule has 4 heterocycles.